The molecule has 0 radical (unpaired) electrons. The molecule has 0 bridgehead atoms. The van der Waals surface area contributed by atoms with E-state index in [1.54, 1.807) is 11.3 Å². The van der Waals surface area contributed by atoms with Crippen LogP contribution in [0.5, 0.6) is 0 Å². The van der Waals surface area contributed by atoms with Crippen LogP contribution in [0.2, 0.25) is 0 Å². The molecule has 4 heterocycles. The summed E-state index contributed by atoms with van der Waals surface area (Å²) in [5, 5.41) is 5.00. The molecule has 1 aliphatic rings. The Morgan fingerprint density at radius 1 is 0.525 bits per heavy atom. The number of para-hydroxylation sites is 2. The number of thiazole rings is 1. The summed E-state index contributed by atoms with van der Waals surface area (Å²) in [6.45, 7) is 4.03. The first-order valence-electron chi connectivity index (χ1n) is 22.4. The Morgan fingerprint density at radius 2 is 1.10 bits per heavy atom. The predicted molar refractivity (Wildman–Crippen MR) is 259 cm³/mol. The van der Waals surface area contributed by atoms with E-state index in [9.17, 15) is 0 Å². The maximum atomic E-state index is 8.84. The van der Waals surface area contributed by atoms with Gasteiger partial charge in [-0.1, -0.05) is 151 Å². The van der Waals surface area contributed by atoms with Crippen LogP contribution in [0.15, 0.2) is 170 Å². The second-order valence-corrected chi connectivity index (χ2v) is 21.3. The van der Waals surface area contributed by atoms with E-state index in [0.29, 0.717) is 17.5 Å². The molecule has 3 aromatic heterocycles. The second kappa shape index (κ2) is 13.6. The molecule has 8 aromatic carbocycles. The Kier molecular flexibility index (Phi) is 7.33. The van der Waals surface area contributed by atoms with E-state index in [4.69, 9.17) is 14.1 Å². The van der Waals surface area contributed by atoms with Crippen molar-refractivity contribution in [1.29, 1.82) is 0 Å². The van der Waals surface area contributed by atoms with Gasteiger partial charge in [0.2, 0.25) is 0 Å². The van der Waals surface area contributed by atoms with Gasteiger partial charge in [-0.3, -0.25) is 8.97 Å². The summed E-state index contributed by atoms with van der Waals surface area (Å²) in [5.74, 6) is 0.873. The molecule has 4 nitrogen and oxygen atoms in total. The largest absolute Gasteiger partial charge is 0.296 e. The van der Waals surface area contributed by atoms with Crippen molar-refractivity contribution in [3.63, 3.8) is 0 Å². The number of rotatable bonds is 6. The number of benzene rings is 8. The van der Waals surface area contributed by atoms with E-state index < -0.39 is 14.9 Å². The fourth-order valence-corrected chi connectivity index (χ4v) is 16.0. The molecule has 0 atom stereocenters. The summed E-state index contributed by atoms with van der Waals surface area (Å²) in [7, 11) is -3.09. The van der Waals surface area contributed by atoms with Gasteiger partial charge in [0.1, 0.15) is 5.82 Å². The lowest BCUT2D eigenvalue weighted by atomic mass is 9.95. The Hall–Kier alpha value is -6.86. The Balaban J connectivity index is 1.11. The molecular formula is C55H42N4SSi. The van der Waals surface area contributed by atoms with Crippen LogP contribution in [0, 0.1) is 27.6 Å². The van der Waals surface area contributed by atoms with Crippen LogP contribution in [-0.2, 0) is 6.42 Å². The minimum atomic E-state index is -3.09. The molecular weight excluding hydrogens is 777 g/mol. The van der Waals surface area contributed by atoms with Gasteiger partial charge in [-0.2, -0.15) is 0 Å². The Morgan fingerprint density at radius 3 is 1.79 bits per heavy atom. The number of imidazole rings is 2. The summed E-state index contributed by atoms with van der Waals surface area (Å²) in [5.41, 5.74) is 14.7. The molecule has 292 valence electrons. The van der Waals surface area contributed by atoms with Crippen molar-refractivity contribution in [3.05, 3.63) is 203 Å². The minimum Gasteiger partial charge on any atom is -0.296 e. The first-order valence-corrected chi connectivity index (χ1v) is 23.7. The summed E-state index contributed by atoms with van der Waals surface area (Å²) in [6.07, 6.45) is 0.668. The Labute approximate surface area is 364 Å². The molecule has 0 saturated heterocycles. The zero-order valence-corrected chi connectivity index (χ0v) is 35.9. The van der Waals surface area contributed by atoms with Gasteiger partial charge in [-0.05, 0) is 129 Å². The standard InChI is InChI=1S/C55H42N4SSi/c1-34-36(3)53-49(58-47-26-12-11-17-40(47)31-52(58)56-53)32-45(34)38-18-15-24-43(29-38)61(41-20-7-5-8-21-41,42-22-9-6-10-23-42)44-25-16-19-39(30-44)46-33-50-54(37(4)35(46)2)57-55-59(50)48-27-13-14-28-51(48)60-55/h5-30,32-33H,31H2,1-4H3/i3D3. The number of hydrogen-bond acceptors (Lipinski definition) is 3. The van der Waals surface area contributed by atoms with Crippen LogP contribution in [0.4, 0.5) is 0 Å². The molecule has 11 aromatic rings. The van der Waals surface area contributed by atoms with Gasteiger partial charge < -0.3 is 0 Å². The molecule has 0 aliphatic carbocycles. The minimum absolute atomic E-state index is 0.320. The monoisotopic (exact) mass is 821 g/mol. The molecule has 6 heteroatoms. The predicted octanol–water partition coefficient (Wildman–Crippen LogP) is 10.9. The lowest BCUT2D eigenvalue weighted by Gasteiger charge is -2.35. The first kappa shape index (κ1) is 32.9. The van der Waals surface area contributed by atoms with Crippen LogP contribution in [0.1, 0.15) is 37.8 Å². The van der Waals surface area contributed by atoms with Crippen LogP contribution in [0.3, 0.4) is 0 Å². The highest BCUT2D eigenvalue weighted by Crippen LogP contribution is 2.39. The third-order valence-corrected chi connectivity index (χ3v) is 19.1. The summed E-state index contributed by atoms with van der Waals surface area (Å²) >= 11 is 1.73. The van der Waals surface area contributed by atoms with E-state index in [0.717, 1.165) is 55.3 Å². The van der Waals surface area contributed by atoms with E-state index in [1.165, 1.54) is 53.2 Å². The van der Waals surface area contributed by atoms with Crippen molar-refractivity contribution in [2.45, 2.75) is 34.0 Å². The van der Waals surface area contributed by atoms with Crippen molar-refractivity contribution in [2.75, 3.05) is 0 Å². The third kappa shape index (κ3) is 5.22. The third-order valence-electron chi connectivity index (χ3n) is 13.3. The molecule has 0 saturated carbocycles. The number of aromatic nitrogens is 4. The Bertz CT molecular complexity index is 3640. The number of hydrogen-bond donors (Lipinski definition) is 0. The first-order chi connectivity index (χ1) is 31.1. The van der Waals surface area contributed by atoms with Crippen LogP contribution < -0.4 is 20.7 Å². The highest BCUT2D eigenvalue weighted by molar-refractivity contribution is 7.23. The maximum Gasteiger partial charge on any atom is 0.195 e. The van der Waals surface area contributed by atoms with Crippen molar-refractivity contribution in [1.82, 2.24) is 18.9 Å². The van der Waals surface area contributed by atoms with Crippen LogP contribution >= 0.6 is 11.3 Å². The number of nitrogens with zero attached hydrogens (tertiary/aromatic N) is 4. The molecule has 0 spiro atoms. The van der Waals surface area contributed by atoms with E-state index >= 15 is 0 Å². The van der Waals surface area contributed by atoms with Gasteiger partial charge in [-0.25, -0.2) is 9.97 Å². The highest BCUT2D eigenvalue weighted by atomic mass is 32.1. The van der Waals surface area contributed by atoms with Crippen molar-refractivity contribution in [2.24, 2.45) is 0 Å². The topological polar surface area (TPSA) is 35.1 Å². The van der Waals surface area contributed by atoms with Gasteiger partial charge in [-0.15, -0.1) is 0 Å². The van der Waals surface area contributed by atoms with E-state index in [2.05, 4.69) is 187 Å². The lowest BCUT2D eigenvalue weighted by Crippen LogP contribution is -2.74. The summed E-state index contributed by atoms with van der Waals surface area (Å²) < 4.78 is 32.2. The van der Waals surface area contributed by atoms with Crippen molar-refractivity contribution < 1.29 is 4.11 Å². The van der Waals surface area contributed by atoms with Gasteiger partial charge >= 0.3 is 0 Å². The molecule has 0 unspecified atom stereocenters. The van der Waals surface area contributed by atoms with Gasteiger partial charge in [0.15, 0.2) is 13.0 Å². The van der Waals surface area contributed by atoms with Gasteiger partial charge in [0, 0.05) is 10.5 Å². The number of fused-ring (bicyclic) bond motifs is 10. The lowest BCUT2D eigenvalue weighted by molar-refractivity contribution is 1.02. The zero-order chi connectivity index (χ0) is 43.5. The number of aryl methyl sites for hydroxylation is 2. The average Bonchev–Trinajstić information content (AvgIpc) is 4.06. The van der Waals surface area contributed by atoms with Crippen LogP contribution in [-0.4, -0.2) is 27.0 Å². The van der Waals surface area contributed by atoms with Crippen LogP contribution in [0.25, 0.3) is 65.2 Å². The summed E-state index contributed by atoms with van der Waals surface area (Å²) in [4.78, 5) is 11.2. The SMILES string of the molecule is [2H]C([2H])([2H])c1c(C)c(-c2cccc([Si](c3ccccc3)(c3ccccc3)c3cccc(-c4cc5c(nc6sc7ccccc7n65)c(C)c4C)c3)c2)cc2c1nc1n2-c2ccccc2C1. The summed E-state index contributed by atoms with van der Waals surface area (Å²) in [6, 6.07) is 61.6. The van der Waals surface area contributed by atoms with Gasteiger partial charge in [0.05, 0.1) is 38.0 Å². The average molecular weight is 822 g/mol. The fourth-order valence-electron chi connectivity index (χ4n) is 10.2. The molecule has 0 N–H and O–H groups in total. The van der Waals surface area contributed by atoms with E-state index in [-0.39, 0.29) is 0 Å². The maximum absolute atomic E-state index is 8.84. The molecule has 0 fully saturated rings. The molecule has 61 heavy (non-hydrogen) atoms. The second-order valence-electron chi connectivity index (χ2n) is 16.4. The molecule has 1 aliphatic heterocycles. The molecule has 12 rings (SSSR count). The molecule has 0 amide bonds. The zero-order valence-electron chi connectivity index (χ0n) is 37.1. The van der Waals surface area contributed by atoms with Crippen molar-refractivity contribution in [3.8, 4) is 27.9 Å². The highest BCUT2D eigenvalue weighted by Gasteiger charge is 2.42. The van der Waals surface area contributed by atoms with Crippen molar-refractivity contribution >= 4 is 77.4 Å². The quantitative estimate of drug-likeness (QED) is 0.124. The van der Waals surface area contributed by atoms with Gasteiger partial charge in [0.25, 0.3) is 0 Å². The fraction of sp³-hybridized carbons (Fsp3) is 0.0909. The van der Waals surface area contributed by atoms with E-state index in [1.807, 2.05) is 13.0 Å². The smallest absolute Gasteiger partial charge is 0.195 e. The normalized spacial score (nSPS) is 13.5.